The van der Waals surface area contributed by atoms with Gasteiger partial charge in [-0.05, 0) is 39.6 Å². The molecule has 0 aliphatic heterocycles. The van der Waals surface area contributed by atoms with Crippen LogP contribution in [0, 0.1) is 0 Å². The molecule has 0 nitrogen and oxygen atoms in total. The molecular weight excluding hydrogens is 239 g/mol. The zero-order chi connectivity index (χ0) is 5.54. The van der Waals surface area contributed by atoms with Gasteiger partial charge in [-0.15, -0.1) is 0 Å². The molecule has 0 bridgehead atoms. The molecule has 7 heavy (non-hydrogen) atoms. The van der Waals surface area contributed by atoms with Crippen LogP contribution in [0.3, 0.4) is 0 Å². The molecule has 0 spiro atoms. The average Bonchev–Trinajstić information content (AvgIpc) is 1.69. The number of halogens is 1. The van der Waals surface area contributed by atoms with E-state index in [0.29, 0.717) is 0 Å². The number of rotatable bonds is 4. The average molecular weight is 248 g/mol. The quantitative estimate of drug-likeness (QED) is 0.554. The van der Waals surface area contributed by atoms with Crippen LogP contribution >= 0.6 is 41.9 Å². The zero-order valence-electron chi connectivity index (χ0n) is 4.32. The smallest absolute Gasteiger partial charge is 0.00413 e. The lowest BCUT2D eigenvalue weighted by atomic mass is 10.6. The molecule has 0 heterocycles. The lowest BCUT2D eigenvalue weighted by Gasteiger charge is -1.89. The molecular formula is C4H9IS2. The second kappa shape index (κ2) is 7.43. The van der Waals surface area contributed by atoms with Gasteiger partial charge in [0.15, 0.2) is 0 Å². The predicted molar refractivity (Wildman–Crippen MR) is 49.5 cm³/mol. The molecule has 0 aromatic carbocycles. The van der Waals surface area contributed by atoms with E-state index in [4.69, 9.17) is 0 Å². The van der Waals surface area contributed by atoms with Gasteiger partial charge in [-0.2, -0.15) is 11.8 Å². The normalized spacial score (nSPS) is 9.43. The summed E-state index contributed by atoms with van der Waals surface area (Å²) < 4.78 is 0. The van der Waals surface area contributed by atoms with Crippen molar-refractivity contribution in [3.63, 3.8) is 0 Å². The Morgan fingerprint density at radius 2 is 2.14 bits per heavy atom. The van der Waals surface area contributed by atoms with E-state index in [1.165, 1.54) is 17.9 Å². The summed E-state index contributed by atoms with van der Waals surface area (Å²) in [4.78, 5) is 0. The van der Waals surface area contributed by atoms with Crippen LogP contribution in [0.1, 0.15) is 6.42 Å². The maximum absolute atomic E-state index is 2.33. The van der Waals surface area contributed by atoms with E-state index >= 15 is 0 Å². The molecule has 0 aromatic rings. The summed E-state index contributed by atoms with van der Waals surface area (Å²) in [5, 5.41) is 0. The SMILES string of the molecule is CSCCCSI. The second-order valence-electron chi connectivity index (χ2n) is 1.16. The van der Waals surface area contributed by atoms with Gasteiger partial charge in [-0.1, -0.05) is 8.93 Å². The van der Waals surface area contributed by atoms with Crippen LogP contribution in [0.5, 0.6) is 0 Å². The number of hydrogen-bond donors (Lipinski definition) is 0. The molecule has 0 fully saturated rings. The van der Waals surface area contributed by atoms with Crippen LogP contribution in [0.15, 0.2) is 0 Å². The number of hydrogen-bond acceptors (Lipinski definition) is 2. The molecule has 44 valence electrons. The lowest BCUT2D eigenvalue weighted by molar-refractivity contribution is 1.13. The predicted octanol–water partition coefficient (Wildman–Crippen LogP) is 2.82. The van der Waals surface area contributed by atoms with Crippen molar-refractivity contribution in [2.75, 3.05) is 17.8 Å². The molecule has 0 saturated heterocycles. The molecule has 0 N–H and O–H groups in total. The highest BCUT2D eigenvalue weighted by molar-refractivity contribution is 14.2. The molecule has 0 aliphatic rings. The second-order valence-corrected chi connectivity index (χ2v) is 4.64. The van der Waals surface area contributed by atoms with Crippen LogP contribution in [-0.4, -0.2) is 17.8 Å². The molecule has 0 aromatic heterocycles. The fourth-order valence-electron chi connectivity index (χ4n) is 0.258. The van der Waals surface area contributed by atoms with Gasteiger partial charge in [0.05, 0.1) is 0 Å². The maximum atomic E-state index is 2.33. The summed E-state index contributed by atoms with van der Waals surface area (Å²) in [5.41, 5.74) is 0. The highest BCUT2D eigenvalue weighted by atomic mass is 127. The molecule has 0 amide bonds. The Hall–Kier alpha value is 1.43. The van der Waals surface area contributed by atoms with Gasteiger partial charge >= 0.3 is 0 Å². The van der Waals surface area contributed by atoms with Gasteiger partial charge in [0.2, 0.25) is 0 Å². The Balaban J connectivity index is 2.45. The molecule has 0 radical (unpaired) electrons. The van der Waals surface area contributed by atoms with Crippen molar-refractivity contribution < 1.29 is 0 Å². The standard InChI is InChI=1S/C4H9IS2/c1-6-3-2-4-7-5/h2-4H2,1H3. The van der Waals surface area contributed by atoms with Crippen molar-refractivity contribution in [3.05, 3.63) is 0 Å². The van der Waals surface area contributed by atoms with Gasteiger partial charge in [-0.3, -0.25) is 0 Å². The van der Waals surface area contributed by atoms with Crippen LogP contribution in [0.4, 0.5) is 0 Å². The highest BCUT2D eigenvalue weighted by Gasteiger charge is 1.81. The first-order chi connectivity index (χ1) is 3.41. The van der Waals surface area contributed by atoms with Gasteiger partial charge in [-0.25, -0.2) is 0 Å². The minimum atomic E-state index is 1.31. The first kappa shape index (κ1) is 8.43. The van der Waals surface area contributed by atoms with Crippen LogP contribution in [0.25, 0.3) is 0 Å². The van der Waals surface area contributed by atoms with E-state index in [2.05, 4.69) is 27.5 Å². The fourth-order valence-corrected chi connectivity index (χ4v) is 2.06. The van der Waals surface area contributed by atoms with Crippen LogP contribution in [0.2, 0.25) is 0 Å². The molecule has 0 atom stereocenters. The third-order valence-electron chi connectivity index (χ3n) is 0.570. The summed E-state index contributed by atoms with van der Waals surface area (Å²) in [6, 6.07) is 0. The van der Waals surface area contributed by atoms with E-state index in [-0.39, 0.29) is 0 Å². The van der Waals surface area contributed by atoms with Crippen molar-refractivity contribution >= 4 is 41.9 Å². The largest absolute Gasteiger partial charge is 0.165 e. The summed E-state index contributed by atoms with van der Waals surface area (Å²) in [6.07, 6.45) is 3.51. The topological polar surface area (TPSA) is 0 Å². The maximum Gasteiger partial charge on any atom is 0.00413 e. The minimum Gasteiger partial charge on any atom is -0.165 e. The summed E-state index contributed by atoms with van der Waals surface area (Å²) in [7, 11) is 1.90. The number of thioether (sulfide) groups is 1. The molecule has 0 rings (SSSR count). The summed E-state index contributed by atoms with van der Waals surface area (Å²) in [5.74, 6) is 2.62. The van der Waals surface area contributed by atoms with E-state index < -0.39 is 0 Å². The lowest BCUT2D eigenvalue weighted by Crippen LogP contribution is -1.77. The Bertz CT molecular complexity index is 28.9. The van der Waals surface area contributed by atoms with Crippen LogP contribution < -0.4 is 0 Å². The third-order valence-corrected chi connectivity index (χ3v) is 3.03. The van der Waals surface area contributed by atoms with Crippen molar-refractivity contribution in [1.82, 2.24) is 0 Å². The third kappa shape index (κ3) is 7.43. The molecule has 0 saturated carbocycles. The fraction of sp³-hybridized carbons (Fsp3) is 1.00. The molecule has 0 unspecified atom stereocenters. The van der Waals surface area contributed by atoms with Crippen molar-refractivity contribution in [3.8, 4) is 0 Å². The van der Waals surface area contributed by atoms with E-state index in [0.717, 1.165) is 0 Å². The van der Waals surface area contributed by atoms with Crippen molar-refractivity contribution in [2.24, 2.45) is 0 Å². The Labute approximate surface area is 65.8 Å². The van der Waals surface area contributed by atoms with E-state index in [1.807, 2.05) is 20.7 Å². The van der Waals surface area contributed by atoms with Crippen molar-refractivity contribution in [1.29, 1.82) is 0 Å². The van der Waals surface area contributed by atoms with Crippen LogP contribution in [-0.2, 0) is 0 Å². The van der Waals surface area contributed by atoms with Crippen molar-refractivity contribution in [2.45, 2.75) is 6.42 Å². The summed E-state index contributed by atoms with van der Waals surface area (Å²) >= 11 is 4.26. The Morgan fingerprint density at radius 3 is 2.57 bits per heavy atom. The first-order valence-corrected chi connectivity index (χ1v) is 7.06. The van der Waals surface area contributed by atoms with E-state index in [9.17, 15) is 0 Å². The van der Waals surface area contributed by atoms with Gasteiger partial charge in [0.1, 0.15) is 0 Å². The zero-order valence-corrected chi connectivity index (χ0v) is 8.11. The first-order valence-electron chi connectivity index (χ1n) is 2.14. The minimum absolute atomic E-state index is 1.31. The highest BCUT2D eigenvalue weighted by Crippen LogP contribution is 2.12. The van der Waals surface area contributed by atoms with E-state index in [1.54, 1.807) is 0 Å². The molecule has 0 aliphatic carbocycles. The van der Waals surface area contributed by atoms with Gasteiger partial charge in [0, 0.05) is 5.75 Å². The molecule has 3 heteroatoms. The summed E-state index contributed by atoms with van der Waals surface area (Å²) in [6.45, 7) is 0. The van der Waals surface area contributed by atoms with Gasteiger partial charge in [0.25, 0.3) is 0 Å². The Kier molecular flexibility index (Phi) is 8.95. The Morgan fingerprint density at radius 1 is 1.43 bits per heavy atom. The van der Waals surface area contributed by atoms with Gasteiger partial charge < -0.3 is 0 Å². The monoisotopic (exact) mass is 248 g/mol.